The third kappa shape index (κ3) is 4.34. The lowest BCUT2D eigenvalue weighted by Gasteiger charge is -2.42. The van der Waals surface area contributed by atoms with Gasteiger partial charge in [0.25, 0.3) is 5.91 Å². The molecule has 0 spiro atoms. The second-order valence-corrected chi connectivity index (χ2v) is 7.82. The summed E-state index contributed by atoms with van der Waals surface area (Å²) in [6.07, 6.45) is 5.38. The first kappa shape index (κ1) is 19.6. The van der Waals surface area contributed by atoms with Crippen molar-refractivity contribution in [3.63, 3.8) is 0 Å². The third-order valence-electron chi connectivity index (χ3n) is 5.97. The van der Waals surface area contributed by atoms with Crippen molar-refractivity contribution in [3.8, 4) is 0 Å². The van der Waals surface area contributed by atoms with E-state index in [2.05, 4.69) is 22.1 Å². The molecule has 1 atom stereocenters. The summed E-state index contributed by atoms with van der Waals surface area (Å²) in [7, 11) is 0. The van der Waals surface area contributed by atoms with Crippen LogP contribution in [0.3, 0.4) is 0 Å². The zero-order valence-corrected chi connectivity index (χ0v) is 17.0. The Morgan fingerprint density at radius 1 is 1.10 bits per heavy atom. The van der Waals surface area contributed by atoms with Crippen molar-refractivity contribution in [3.05, 3.63) is 53.9 Å². The van der Waals surface area contributed by atoms with E-state index in [1.54, 1.807) is 17.1 Å². The number of aryl methyl sites for hydroxylation is 1. The minimum atomic E-state index is -0.0624. The van der Waals surface area contributed by atoms with Crippen molar-refractivity contribution < 1.29 is 9.59 Å². The predicted octanol–water partition coefficient (Wildman–Crippen LogP) is 1.85. The third-order valence-corrected chi connectivity index (χ3v) is 5.97. The number of piperazine rings is 1. The minimum absolute atomic E-state index is 0.0324. The van der Waals surface area contributed by atoms with Gasteiger partial charge in [-0.25, -0.2) is 0 Å². The Balaban J connectivity index is 1.34. The van der Waals surface area contributed by atoms with Crippen LogP contribution in [0.15, 0.2) is 42.7 Å². The number of hydrogen-bond acceptors (Lipinski definition) is 4. The number of amides is 2. The minimum Gasteiger partial charge on any atom is -0.337 e. The Labute approximate surface area is 171 Å². The number of carbonyl (C=O) groups is 2. The van der Waals surface area contributed by atoms with Crippen LogP contribution < -0.4 is 0 Å². The van der Waals surface area contributed by atoms with Gasteiger partial charge in [-0.05, 0) is 25.3 Å². The lowest BCUT2D eigenvalue weighted by Crippen LogP contribution is -2.58. The van der Waals surface area contributed by atoms with Gasteiger partial charge in [0.2, 0.25) is 5.91 Å². The van der Waals surface area contributed by atoms with E-state index < -0.39 is 0 Å². The lowest BCUT2D eigenvalue weighted by molar-refractivity contribution is -0.141. The van der Waals surface area contributed by atoms with E-state index in [4.69, 9.17) is 0 Å². The average Bonchev–Trinajstić information content (AvgIpc) is 3.25. The largest absolute Gasteiger partial charge is 0.337 e. The number of hydrogen-bond donors (Lipinski definition) is 0. The van der Waals surface area contributed by atoms with E-state index in [1.807, 2.05) is 34.9 Å². The van der Waals surface area contributed by atoms with Gasteiger partial charge < -0.3 is 9.80 Å². The molecule has 1 unspecified atom stereocenters. The highest BCUT2D eigenvalue weighted by molar-refractivity contribution is 5.93. The molecular formula is C22H29N5O2. The first-order chi connectivity index (χ1) is 14.2. The summed E-state index contributed by atoms with van der Waals surface area (Å²) < 4.78 is 1.77. The summed E-state index contributed by atoms with van der Waals surface area (Å²) in [6.45, 7) is 7.04. The molecule has 4 rings (SSSR count). The zero-order chi connectivity index (χ0) is 20.2. The van der Waals surface area contributed by atoms with Gasteiger partial charge in [0.05, 0.1) is 17.8 Å². The summed E-state index contributed by atoms with van der Waals surface area (Å²) in [5.41, 5.74) is 1.81. The van der Waals surface area contributed by atoms with Crippen LogP contribution in [0.5, 0.6) is 0 Å². The van der Waals surface area contributed by atoms with Crippen molar-refractivity contribution in [2.45, 2.75) is 38.9 Å². The van der Waals surface area contributed by atoms with E-state index in [9.17, 15) is 9.59 Å². The maximum absolute atomic E-state index is 13.1. The molecule has 0 saturated carbocycles. The number of rotatable bonds is 5. The van der Waals surface area contributed by atoms with Gasteiger partial charge in [-0.3, -0.25) is 19.2 Å². The molecule has 2 fully saturated rings. The zero-order valence-electron chi connectivity index (χ0n) is 17.0. The van der Waals surface area contributed by atoms with Gasteiger partial charge in [0.1, 0.15) is 0 Å². The molecule has 2 aliphatic heterocycles. The van der Waals surface area contributed by atoms with Crippen molar-refractivity contribution in [2.75, 3.05) is 32.7 Å². The quantitative estimate of drug-likeness (QED) is 0.775. The molecule has 7 nitrogen and oxygen atoms in total. The highest BCUT2D eigenvalue weighted by Gasteiger charge is 2.35. The molecule has 1 aromatic heterocycles. The number of likely N-dealkylation sites (tertiary alicyclic amines) is 1. The monoisotopic (exact) mass is 395 g/mol. The van der Waals surface area contributed by atoms with E-state index in [1.165, 1.54) is 5.56 Å². The second-order valence-electron chi connectivity index (χ2n) is 7.82. The van der Waals surface area contributed by atoms with Crippen molar-refractivity contribution in [1.82, 2.24) is 24.5 Å². The maximum atomic E-state index is 13.1. The molecule has 2 saturated heterocycles. The van der Waals surface area contributed by atoms with Gasteiger partial charge in [0.15, 0.2) is 0 Å². The highest BCUT2D eigenvalue weighted by Crippen LogP contribution is 2.21. The van der Waals surface area contributed by atoms with Crippen LogP contribution >= 0.6 is 0 Å². The van der Waals surface area contributed by atoms with Crippen LogP contribution in [-0.2, 0) is 17.9 Å². The van der Waals surface area contributed by atoms with E-state index >= 15 is 0 Å². The maximum Gasteiger partial charge on any atom is 0.257 e. The topological polar surface area (TPSA) is 61.7 Å². The number of nitrogens with zero attached hydrogens (tertiary/aromatic N) is 5. The van der Waals surface area contributed by atoms with Crippen LogP contribution in [0.1, 0.15) is 35.7 Å². The standard InChI is InChI=1S/C22H29N5O2/c1-2-27-17-19(15-23-27)21(28)25-13-11-24(12-14-25)20-9-6-10-26(22(20)29)16-18-7-4-3-5-8-18/h3-5,7-8,15,17,20H,2,6,9-14,16H2,1H3. The second kappa shape index (κ2) is 8.78. The summed E-state index contributed by atoms with van der Waals surface area (Å²) in [6, 6.07) is 10.1. The fourth-order valence-corrected chi connectivity index (χ4v) is 4.29. The molecule has 0 bridgehead atoms. The van der Waals surface area contributed by atoms with Crippen LogP contribution in [0.4, 0.5) is 0 Å². The molecule has 1 aromatic carbocycles. The SMILES string of the molecule is CCn1cc(C(=O)N2CCN(C3CCCN(Cc4ccccc4)C3=O)CC2)cn1. The lowest BCUT2D eigenvalue weighted by atomic mass is 10.0. The number of carbonyl (C=O) groups excluding carboxylic acids is 2. The molecule has 0 N–H and O–H groups in total. The van der Waals surface area contributed by atoms with Crippen molar-refractivity contribution in [1.29, 1.82) is 0 Å². The van der Waals surface area contributed by atoms with Gasteiger partial charge >= 0.3 is 0 Å². The van der Waals surface area contributed by atoms with Crippen LogP contribution in [0.2, 0.25) is 0 Å². The predicted molar refractivity (Wildman–Crippen MR) is 110 cm³/mol. The average molecular weight is 396 g/mol. The van der Waals surface area contributed by atoms with E-state index in [0.29, 0.717) is 25.2 Å². The molecule has 7 heteroatoms. The molecule has 0 aliphatic carbocycles. The molecule has 154 valence electrons. The number of aromatic nitrogens is 2. The summed E-state index contributed by atoms with van der Waals surface area (Å²) in [4.78, 5) is 31.9. The van der Waals surface area contributed by atoms with Gasteiger partial charge in [0, 0.05) is 52.0 Å². The Morgan fingerprint density at radius 2 is 1.86 bits per heavy atom. The fourth-order valence-electron chi connectivity index (χ4n) is 4.29. The Kier molecular flexibility index (Phi) is 5.94. The van der Waals surface area contributed by atoms with Gasteiger partial charge in [-0.2, -0.15) is 5.10 Å². The molecule has 29 heavy (non-hydrogen) atoms. The Bertz CT molecular complexity index is 842. The fraction of sp³-hybridized carbons (Fsp3) is 0.500. The number of benzene rings is 1. The smallest absolute Gasteiger partial charge is 0.257 e. The number of piperidine rings is 1. The molecule has 3 heterocycles. The van der Waals surface area contributed by atoms with Crippen molar-refractivity contribution in [2.24, 2.45) is 0 Å². The summed E-state index contributed by atoms with van der Waals surface area (Å²) in [5.74, 6) is 0.258. The Morgan fingerprint density at radius 3 is 2.55 bits per heavy atom. The first-order valence-corrected chi connectivity index (χ1v) is 10.5. The van der Waals surface area contributed by atoms with E-state index in [-0.39, 0.29) is 17.9 Å². The molecule has 2 aromatic rings. The summed E-state index contributed by atoms with van der Waals surface area (Å²) >= 11 is 0. The molecule has 0 radical (unpaired) electrons. The van der Waals surface area contributed by atoms with Crippen LogP contribution in [0, 0.1) is 0 Å². The highest BCUT2D eigenvalue weighted by atomic mass is 16.2. The normalized spacial score (nSPS) is 20.9. The van der Waals surface area contributed by atoms with Crippen molar-refractivity contribution >= 4 is 11.8 Å². The van der Waals surface area contributed by atoms with Crippen LogP contribution in [-0.4, -0.2) is 75.1 Å². The molecule has 2 amide bonds. The molecular weight excluding hydrogens is 366 g/mol. The van der Waals surface area contributed by atoms with Crippen LogP contribution in [0.25, 0.3) is 0 Å². The first-order valence-electron chi connectivity index (χ1n) is 10.5. The van der Waals surface area contributed by atoms with E-state index in [0.717, 1.165) is 39.0 Å². The van der Waals surface area contributed by atoms with Gasteiger partial charge in [-0.1, -0.05) is 30.3 Å². The Hall–Kier alpha value is -2.67. The van der Waals surface area contributed by atoms with Gasteiger partial charge in [-0.15, -0.1) is 0 Å². The molecule has 2 aliphatic rings. The summed E-state index contributed by atoms with van der Waals surface area (Å²) in [5, 5.41) is 4.20.